The molecule has 0 aliphatic carbocycles. The number of hydrogen-bond acceptors (Lipinski definition) is 4. The lowest BCUT2D eigenvalue weighted by atomic mass is 10.1. The first kappa shape index (κ1) is 14.8. The van der Waals surface area contributed by atoms with Gasteiger partial charge in [0.1, 0.15) is 17.8 Å². The van der Waals surface area contributed by atoms with Gasteiger partial charge in [-0.15, -0.1) is 0 Å². The molecule has 0 amide bonds. The first-order valence-corrected chi connectivity index (χ1v) is 7.12. The van der Waals surface area contributed by atoms with Gasteiger partial charge in [0.2, 0.25) is 0 Å². The molecule has 0 spiro atoms. The van der Waals surface area contributed by atoms with Gasteiger partial charge in [0.25, 0.3) is 5.56 Å². The molecular weight excluding hydrogens is 298 g/mol. The number of fused-ring (bicyclic) bond motifs is 1. The van der Waals surface area contributed by atoms with Crippen LogP contribution in [0, 0.1) is 0 Å². The summed E-state index contributed by atoms with van der Waals surface area (Å²) in [5.41, 5.74) is 1.43. The number of carboxylic acid groups (broad SMARTS) is 1. The number of hydrogen-bond donors (Lipinski definition) is 1. The lowest BCUT2D eigenvalue weighted by molar-refractivity contribution is -0.137. The van der Waals surface area contributed by atoms with Crippen molar-refractivity contribution in [2.24, 2.45) is 0 Å². The Labute approximate surface area is 131 Å². The minimum absolute atomic E-state index is 0.331. The number of rotatable bonds is 5. The SMILES string of the molecule is CCOc1ccc(-c2cc3c(=O)n(CC(=O)O)ccn3n2)cc1. The highest BCUT2D eigenvalue weighted by Gasteiger charge is 2.10. The van der Waals surface area contributed by atoms with Crippen LogP contribution in [0.2, 0.25) is 0 Å². The fourth-order valence-corrected chi connectivity index (χ4v) is 2.33. The van der Waals surface area contributed by atoms with Gasteiger partial charge in [0.05, 0.1) is 12.3 Å². The second kappa shape index (κ2) is 5.96. The summed E-state index contributed by atoms with van der Waals surface area (Å²) < 4.78 is 7.98. The van der Waals surface area contributed by atoms with Crippen LogP contribution >= 0.6 is 0 Å². The number of nitrogens with zero attached hydrogens (tertiary/aromatic N) is 3. The fraction of sp³-hybridized carbons (Fsp3) is 0.188. The Morgan fingerprint density at radius 3 is 2.65 bits per heavy atom. The highest BCUT2D eigenvalue weighted by molar-refractivity contribution is 5.68. The summed E-state index contributed by atoms with van der Waals surface area (Å²) in [6.07, 6.45) is 2.98. The third kappa shape index (κ3) is 2.94. The van der Waals surface area contributed by atoms with Crippen molar-refractivity contribution in [2.45, 2.75) is 13.5 Å². The maximum atomic E-state index is 12.3. The minimum Gasteiger partial charge on any atom is -0.494 e. The van der Waals surface area contributed by atoms with E-state index in [0.717, 1.165) is 15.9 Å². The first-order chi connectivity index (χ1) is 11.1. The molecule has 0 radical (unpaired) electrons. The molecule has 3 aromatic rings. The zero-order chi connectivity index (χ0) is 16.4. The zero-order valence-electron chi connectivity index (χ0n) is 12.5. The van der Waals surface area contributed by atoms with E-state index in [1.54, 1.807) is 12.3 Å². The smallest absolute Gasteiger partial charge is 0.323 e. The van der Waals surface area contributed by atoms with E-state index in [4.69, 9.17) is 9.84 Å². The maximum absolute atomic E-state index is 12.3. The van der Waals surface area contributed by atoms with Crippen LogP contribution in [0.15, 0.2) is 47.5 Å². The quantitative estimate of drug-likeness (QED) is 0.774. The van der Waals surface area contributed by atoms with Crippen molar-refractivity contribution >= 4 is 11.5 Å². The van der Waals surface area contributed by atoms with E-state index in [0.29, 0.717) is 17.8 Å². The van der Waals surface area contributed by atoms with Crippen molar-refractivity contribution in [1.82, 2.24) is 14.2 Å². The van der Waals surface area contributed by atoms with E-state index in [9.17, 15) is 9.59 Å². The van der Waals surface area contributed by atoms with E-state index in [-0.39, 0.29) is 12.1 Å². The summed E-state index contributed by atoms with van der Waals surface area (Å²) in [6, 6.07) is 9.05. The molecule has 1 aromatic carbocycles. The molecule has 7 heteroatoms. The Kier molecular flexibility index (Phi) is 3.84. The Bertz CT molecular complexity index is 909. The molecule has 0 fully saturated rings. The van der Waals surface area contributed by atoms with Crippen molar-refractivity contribution in [3.63, 3.8) is 0 Å². The number of ether oxygens (including phenoxy) is 1. The molecule has 3 rings (SSSR count). The molecule has 1 N–H and O–H groups in total. The minimum atomic E-state index is -1.07. The van der Waals surface area contributed by atoms with Crippen LogP contribution in [-0.2, 0) is 11.3 Å². The van der Waals surface area contributed by atoms with Crippen molar-refractivity contribution in [3.05, 3.63) is 53.1 Å². The lowest BCUT2D eigenvalue weighted by Crippen LogP contribution is -2.24. The van der Waals surface area contributed by atoms with Gasteiger partial charge in [0, 0.05) is 18.0 Å². The molecule has 0 unspecified atom stereocenters. The summed E-state index contributed by atoms with van der Waals surface area (Å²) in [6.45, 7) is 2.13. The van der Waals surface area contributed by atoms with Gasteiger partial charge in [-0.2, -0.15) is 5.10 Å². The normalized spacial score (nSPS) is 10.8. The average Bonchev–Trinajstić information content (AvgIpc) is 2.96. The van der Waals surface area contributed by atoms with E-state index in [2.05, 4.69) is 5.10 Å². The first-order valence-electron chi connectivity index (χ1n) is 7.12. The molecule has 118 valence electrons. The largest absolute Gasteiger partial charge is 0.494 e. The third-order valence-electron chi connectivity index (χ3n) is 3.37. The maximum Gasteiger partial charge on any atom is 0.323 e. The second-order valence-corrected chi connectivity index (χ2v) is 4.94. The molecule has 7 nitrogen and oxygen atoms in total. The average molecular weight is 313 g/mol. The summed E-state index contributed by atoms with van der Waals surface area (Å²) in [4.78, 5) is 23.0. The van der Waals surface area contributed by atoms with Crippen LogP contribution in [0.25, 0.3) is 16.8 Å². The van der Waals surface area contributed by atoms with Gasteiger partial charge in [-0.3, -0.25) is 9.59 Å². The zero-order valence-corrected chi connectivity index (χ0v) is 12.5. The van der Waals surface area contributed by atoms with Crippen molar-refractivity contribution in [1.29, 1.82) is 0 Å². The van der Waals surface area contributed by atoms with Crippen molar-refractivity contribution in [3.8, 4) is 17.0 Å². The van der Waals surface area contributed by atoms with E-state index in [1.807, 2.05) is 31.2 Å². The lowest BCUT2D eigenvalue weighted by Gasteiger charge is -2.02. The molecule has 2 aromatic heterocycles. The predicted molar refractivity (Wildman–Crippen MR) is 83.7 cm³/mol. The highest BCUT2D eigenvalue weighted by Crippen LogP contribution is 2.21. The molecule has 0 aliphatic heterocycles. The summed E-state index contributed by atoms with van der Waals surface area (Å²) >= 11 is 0. The van der Waals surface area contributed by atoms with Gasteiger partial charge < -0.3 is 14.4 Å². The number of benzene rings is 1. The predicted octanol–water partition coefficient (Wildman–Crippen LogP) is 1.65. The Morgan fingerprint density at radius 1 is 1.26 bits per heavy atom. The number of carboxylic acids is 1. The third-order valence-corrected chi connectivity index (χ3v) is 3.37. The van der Waals surface area contributed by atoms with Gasteiger partial charge >= 0.3 is 5.97 Å². The number of aliphatic carboxylic acids is 1. The van der Waals surface area contributed by atoms with Crippen LogP contribution in [0.4, 0.5) is 0 Å². The molecule has 2 heterocycles. The molecular formula is C16H15N3O4. The van der Waals surface area contributed by atoms with Crippen molar-refractivity contribution in [2.75, 3.05) is 6.61 Å². The number of aromatic nitrogens is 3. The molecule has 0 bridgehead atoms. The van der Waals surface area contributed by atoms with Gasteiger partial charge in [0.15, 0.2) is 0 Å². The monoisotopic (exact) mass is 313 g/mol. The summed E-state index contributed by atoms with van der Waals surface area (Å²) in [7, 11) is 0. The highest BCUT2D eigenvalue weighted by atomic mass is 16.5. The molecule has 23 heavy (non-hydrogen) atoms. The van der Waals surface area contributed by atoms with E-state index < -0.39 is 5.97 Å². The summed E-state index contributed by atoms with van der Waals surface area (Å²) in [5.74, 6) is -0.300. The van der Waals surface area contributed by atoms with Crippen molar-refractivity contribution < 1.29 is 14.6 Å². The topological polar surface area (TPSA) is 85.8 Å². The second-order valence-electron chi connectivity index (χ2n) is 4.94. The number of carbonyl (C=O) groups is 1. The van der Waals surface area contributed by atoms with Crippen LogP contribution in [-0.4, -0.2) is 31.9 Å². The Hall–Kier alpha value is -3.09. The van der Waals surface area contributed by atoms with Crippen LogP contribution in [0.3, 0.4) is 0 Å². The Morgan fingerprint density at radius 2 is 2.00 bits per heavy atom. The molecule has 0 aliphatic rings. The summed E-state index contributed by atoms with van der Waals surface area (Å²) in [5, 5.41) is 13.2. The van der Waals surface area contributed by atoms with Crippen LogP contribution in [0.1, 0.15) is 6.92 Å². The van der Waals surface area contributed by atoms with Crippen LogP contribution in [0.5, 0.6) is 5.75 Å². The molecule has 0 atom stereocenters. The van der Waals surface area contributed by atoms with Crippen LogP contribution < -0.4 is 10.3 Å². The van der Waals surface area contributed by atoms with E-state index >= 15 is 0 Å². The van der Waals surface area contributed by atoms with Gasteiger partial charge in [-0.25, -0.2) is 4.52 Å². The Balaban J connectivity index is 2.01. The molecule has 0 saturated heterocycles. The van der Waals surface area contributed by atoms with Gasteiger partial charge in [-0.05, 0) is 37.3 Å². The van der Waals surface area contributed by atoms with Gasteiger partial charge in [-0.1, -0.05) is 0 Å². The molecule has 0 saturated carbocycles. The van der Waals surface area contributed by atoms with E-state index in [1.165, 1.54) is 10.7 Å². The fourth-order valence-electron chi connectivity index (χ4n) is 2.33. The standard InChI is InChI=1S/C16H15N3O4/c1-2-23-12-5-3-11(4-6-12)13-9-14-16(22)18(10-15(20)21)7-8-19(14)17-13/h3-9H,2,10H2,1H3,(H,20,21).